The van der Waals surface area contributed by atoms with E-state index in [-0.39, 0.29) is 10.4 Å². The Hall–Kier alpha value is -1.27. The zero-order valence-electron chi connectivity index (χ0n) is 11.2. The molecule has 1 aromatic rings. The summed E-state index contributed by atoms with van der Waals surface area (Å²) in [6, 6.07) is 4.64. The minimum Gasteiger partial charge on any atom is -0.397 e. The monoisotopic (exact) mass is 271 g/mol. The van der Waals surface area contributed by atoms with Crippen molar-refractivity contribution in [3.8, 4) is 0 Å². The van der Waals surface area contributed by atoms with Gasteiger partial charge in [-0.05, 0) is 45.5 Å². The summed E-state index contributed by atoms with van der Waals surface area (Å²) in [5.74, 6) is 0. The summed E-state index contributed by atoms with van der Waals surface area (Å²) in [5, 5.41) is 3.26. The Labute approximate surface area is 109 Å². The maximum absolute atomic E-state index is 11.7. The van der Waals surface area contributed by atoms with Crippen LogP contribution in [0.5, 0.6) is 0 Å². The van der Waals surface area contributed by atoms with Crippen molar-refractivity contribution in [2.75, 3.05) is 18.1 Å². The molecule has 0 fully saturated rings. The van der Waals surface area contributed by atoms with Crippen LogP contribution in [0.2, 0.25) is 0 Å². The highest BCUT2D eigenvalue weighted by atomic mass is 32.2. The highest BCUT2D eigenvalue weighted by molar-refractivity contribution is 7.89. The van der Waals surface area contributed by atoms with Gasteiger partial charge in [0, 0.05) is 5.54 Å². The largest absolute Gasteiger partial charge is 0.397 e. The summed E-state index contributed by atoms with van der Waals surface area (Å²) in [6.45, 7) is 6.12. The van der Waals surface area contributed by atoms with Crippen molar-refractivity contribution in [3.63, 3.8) is 0 Å². The van der Waals surface area contributed by atoms with Crippen LogP contribution < -0.4 is 15.8 Å². The molecule has 0 aromatic heterocycles. The normalized spacial score (nSPS) is 12.4. The first-order chi connectivity index (χ1) is 8.22. The van der Waals surface area contributed by atoms with E-state index in [1.54, 1.807) is 12.1 Å². The molecule has 0 saturated heterocycles. The third kappa shape index (κ3) is 3.36. The van der Waals surface area contributed by atoms with E-state index in [4.69, 9.17) is 5.73 Å². The molecule has 0 bridgehead atoms. The molecule has 5 nitrogen and oxygen atoms in total. The summed E-state index contributed by atoms with van der Waals surface area (Å²) < 4.78 is 25.7. The fourth-order valence-corrected chi connectivity index (χ4v) is 2.14. The molecule has 0 aliphatic rings. The molecule has 0 radical (unpaired) electrons. The molecule has 0 atom stereocenters. The van der Waals surface area contributed by atoms with Gasteiger partial charge in [-0.15, -0.1) is 0 Å². The Balaban J connectivity index is 3.18. The molecule has 4 N–H and O–H groups in total. The van der Waals surface area contributed by atoms with Crippen molar-refractivity contribution >= 4 is 21.4 Å². The van der Waals surface area contributed by atoms with Gasteiger partial charge in [-0.2, -0.15) is 0 Å². The van der Waals surface area contributed by atoms with Crippen LogP contribution in [0.15, 0.2) is 23.1 Å². The number of rotatable bonds is 5. The lowest BCUT2D eigenvalue weighted by atomic mass is 10.0. The lowest BCUT2D eigenvalue weighted by Crippen LogP contribution is -2.30. The van der Waals surface area contributed by atoms with Crippen LogP contribution in [0, 0.1) is 0 Å². The molecule has 102 valence electrons. The molecule has 1 aromatic carbocycles. The van der Waals surface area contributed by atoms with Gasteiger partial charge in [-0.3, -0.25) is 0 Å². The second-order valence-electron chi connectivity index (χ2n) is 4.82. The molecule has 18 heavy (non-hydrogen) atoms. The number of nitrogens with one attached hydrogen (secondary N) is 2. The number of sulfonamides is 1. The predicted octanol–water partition coefficient (Wildman–Crippen LogP) is 1.78. The van der Waals surface area contributed by atoms with Gasteiger partial charge in [-0.25, -0.2) is 13.1 Å². The maximum atomic E-state index is 11.7. The van der Waals surface area contributed by atoms with Crippen LogP contribution >= 0.6 is 0 Å². The van der Waals surface area contributed by atoms with Crippen LogP contribution in [0.25, 0.3) is 0 Å². The Kier molecular flexibility index (Phi) is 4.24. The van der Waals surface area contributed by atoms with E-state index in [9.17, 15) is 8.42 Å². The van der Waals surface area contributed by atoms with E-state index >= 15 is 0 Å². The fourth-order valence-electron chi connectivity index (χ4n) is 1.38. The van der Waals surface area contributed by atoms with E-state index in [0.29, 0.717) is 11.4 Å². The zero-order chi connectivity index (χ0) is 14.0. The first-order valence-electron chi connectivity index (χ1n) is 5.83. The van der Waals surface area contributed by atoms with Gasteiger partial charge in [0.15, 0.2) is 0 Å². The summed E-state index contributed by atoms with van der Waals surface area (Å²) in [7, 11) is -2.06. The van der Waals surface area contributed by atoms with Gasteiger partial charge < -0.3 is 11.1 Å². The van der Waals surface area contributed by atoms with Gasteiger partial charge in [0.2, 0.25) is 10.0 Å². The minimum absolute atomic E-state index is 0.143. The van der Waals surface area contributed by atoms with Crippen LogP contribution in [0.1, 0.15) is 27.2 Å². The topological polar surface area (TPSA) is 84.2 Å². The number of anilines is 2. The van der Waals surface area contributed by atoms with Crippen molar-refractivity contribution in [2.45, 2.75) is 37.6 Å². The Morgan fingerprint density at radius 2 is 1.94 bits per heavy atom. The summed E-state index contributed by atoms with van der Waals surface area (Å²) in [4.78, 5) is 0.202. The number of nitrogen functional groups attached to an aromatic ring is 1. The van der Waals surface area contributed by atoms with Crippen molar-refractivity contribution < 1.29 is 8.42 Å². The van der Waals surface area contributed by atoms with Crippen LogP contribution in [0.4, 0.5) is 11.4 Å². The molecule has 6 heteroatoms. The second-order valence-corrected chi connectivity index (χ2v) is 6.71. The van der Waals surface area contributed by atoms with Crippen molar-refractivity contribution in [3.05, 3.63) is 18.2 Å². The molecular weight excluding hydrogens is 250 g/mol. The minimum atomic E-state index is -3.45. The fraction of sp³-hybridized carbons (Fsp3) is 0.500. The molecule has 0 spiro atoms. The third-order valence-electron chi connectivity index (χ3n) is 2.96. The van der Waals surface area contributed by atoms with Gasteiger partial charge in [0.1, 0.15) is 0 Å². The van der Waals surface area contributed by atoms with E-state index in [0.717, 1.165) is 6.42 Å². The molecular formula is C12H21N3O2S. The molecule has 0 unspecified atom stereocenters. The molecule has 0 aliphatic carbocycles. The standard InChI is InChI=1S/C12H21N3O2S/c1-5-12(2,3)15-11-8-9(6-7-10(11)13)18(16,17)14-4/h6-8,14-15H,5,13H2,1-4H3. The van der Waals surface area contributed by atoms with E-state index in [1.165, 1.54) is 13.1 Å². The SMILES string of the molecule is CCC(C)(C)Nc1cc(S(=O)(=O)NC)ccc1N. The first-order valence-corrected chi connectivity index (χ1v) is 7.31. The Morgan fingerprint density at radius 3 is 2.44 bits per heavy atom. The molecule has 0 amide bonds. The van der Waals surface area contributed by atoms with E-state index in [2.05, 4.69) is 17.0 Å². The van der Waals surface area contributed by atoms with Crippen LogP contribution in [-0.4, -0.2) is 21.0 Å². The third-order valence-corrected chi connectivity index (χ3v) is 4.37. The predicted molar refractivity (Wildman–Crippen MR) is 75.1 cm³/mol. The Morgan fingerprint density at radius 1 is 1.33 bits per heavy atom. The second kappa shape index (κ2) is 5.16. The van der Waals surface area contributed by atoms with Crippen LogP contribution in [-0.2, 0) is 10.0 Å². The number of hydrogen-bond acceptors (Lipinski definition) is 4. The average molecular weight is 271 g/mol. The maximum Gasteiger partial charge on any atom is 0.240 e. The molecule has 0 saturated carbocycles. The van der Waals surface area contributed by atoms with Gasteiger partial charge >= 0.3 is 0 Å². The van der Waals surface area contributed by atoms with Crippen molar-refractivity contribution in [2.24, 2.45) is 0 Å². The average Bonchev–Trinajstić information content (AvgIpc) is 2.31. The van der Waals surface area contributed by atoms with Crippen molar-refractivity contribution in [1.82, 2.24) is 4.72 Å². The summed E-state index contributed by atoms with van der Waals surface area (Å²) in [6.07, 6.45) is 0.898. The molecule has 0 heterocycles. The lowest BCUT2D eigenvalue weighted by molar-refractivity contribution is 0.547. The number of benzene rings is 1. The highest BCUT2D eigenvalue weighted by Gasteiger charge is 2.18. The smallest absolute Gasteiger partial charge is 0.240 e. The Bertz CT molecular complexity index is 524. The van der Waals surface area contributed by atoms with Gasteiger partial charge in [0.05, 0.1) is 16.3 Å². The van der Waals surface area contributed by atoms with Gasteiger partial charge in [0.25, 0.3) is 0 Å². The summed E-state index contributed by atoms with van der Waals surface area (Å²) in [5.41, 5.74) is 6.89. The van der Waals surface area contributed by atoms with E-state index in [1.807, 2.05) is 13.8 Å². The number of hydrogen-bond donors (Lipinski definition) is 3. The quantitative estimate of drug-likeness (QED) is 0.713. The molecule has 0 aliphatic heterocycles. The first kappa shape index (κ1) is 14.8. The van der Waals surface area contributed by atoms with Gasteiger partial charge in [-0.1, -0.05) is 6.92 Å². The van der Waals surface area contributed by atoms with Crippen LogP contribution in [0.3, 0.4) is 0 Å². The lowest BCUT2D eigenvalue weighted by Gasteiger charge is -2.27. The molecule has 1 rings (SSSR count). The highest BCUT2D eigenvalue weighted by Crippen LogP contribution is 2.26. The van der Waals surface area contributed by atoms with E-state index < -0.39 is 10.0 Å². The summed E-state index contributed by atoms with van der Waals surface area (Å²) >= 11 is 0. The van der Waals surface area contributed by atoms with Crippen molar-refractivity contribution in [1.29, 1.82) is 0 Å². The number of nitrogens with two attached hydrogens (primary N) is 1. The zero-order valence-corrected chi connectivity index (χ0v) is 12.1.